The third kappa shape index (κ3) is 12.5. The van der Waals surface area contributed by atoms with Gasteiger partial charge in [0.1, 0.15) is 0 Å². The summed E-state index contributed by atoms with van der Waals surface area (Å²) in [6.45, 7) is 33.8. The van der Waals surface area contributed by atoms with Crippen LogP contribution in [0.3, 0.4) is 0 Å². The maximum atomic E-state index is 8.89. The smallest absolute Gasteiger partial charge is 0.550 e. The predicted octanol–water partition coefficient (Wildman–Crippen LogP) is 5.81. The second kappa shape index (κ2) is 19.8. The standard InChI is InChI=1S/C22H30B2O4.C12H24B2O4.C10H6Br2.C2H4O2.K/c1-19(2)20(3,4)26-23(25-19)17-11-9-16-14-18(12-10-15(16)13-17)24-27-21(5,6)22(7,8)28-24;1-9(2)10(3,4)16-13(15-9)14-17-11(5,6)12(7,8)18-14;11-9-3-1-7-5-10(12)4-2-8(7)6-9;1-2(3)4;/h9-14H,1-8H3;1-8H3;1-6H;1H3,(H,3,4);/q;;;;+1/p-1. The number of carboxylic acid groups (broad SMARTS) is 1. The second-order valence-corrected chi connectivity index (χ2v) is 22.3. The number of rotatable bonds is 3. The molecule has 0 aromatic heterocycles. The van der Waals surface area contributed by atoms with Crippen molar-refractivity contribution in [2.75, 3.05) is 0 Å². The number of carbonyl (C=O) groups excluding carboxylic acids is 1. The first kappa shape index (κ1) is 55.0. The van der Waals surface area contributed by atoms with Gasteiger partial charge in [-0.05, 0) is 174 Å². The van der Waals surface area contributed by atoms with Gasteiger partial charge >= 0.3 is 79.6 Å². The molecule has 0 atom stereocenters. The van der Waals surface area contributed by atoms with E-state index in [-0.39, 0.29) is 110 Å². The van der Waals surface area contributed by atoms with E-state index in [2.05, 4.69) is 160 Å². The molecule has 4 fully saturated rings. The first-order valence-corrected chi connectivity index (χ1v) is 22.8. The summed E-state index contributed by atoms with van der Waals surface area (Å²) in [6, 6.07) is 25.2. The molecule has 0 bridgehead atoms. The van der Waals surface area contributed by atoms with Gasteiger partial charge in [0, 0.05) is 14.9 Å². The Hall–Kier alpha value is -0.594. The molecule has 4 aromatic rings. The van der Waals surface area contributed by atoms with Gasteiger partial charge in [-0.3, -0.25) is 0 Å². The number of carbonyl (C=O) groups is 1. The van der Waals surface area contributed by atoms with Crippen LogP contribution in [0.1, 0.15) is 118 Å². The molecule has 63 heavy (non-hydrogen) atoms. The molecule has 0 aliphatic carbocycles. The number of fused-ring (bicyclic) bond motifs is 2. The van der Waals surface area contributed by atoms with Gasteiger partial charge in [-0.25, -0.2) is 0 Å². The van der Waals surface area contributed by atoms with E-state index in [4.69, 9.17) is 47.1 Å². The minimum absolute atomic E-state index is 0. The monoisotopic (exact) mass is 1020 g/mol. The Labute approximate surface area is 436 Å². The van der Waals surface area contributed by atoms with Crippen molar-refractivity contribution < 1.29 is 98.5 Å². The van der Waals surface area contributed by atoms with E-state index in [0.717, 1.165) is 37.6 Å². The normalized spacial score (nSPS) is 22.6. The first-order chi connectivity index (χ1) is 28.2. The first-order valence-electron chi connectivity index (χ1n) is 21.2. The number of hydrogen-bond acceptors (Lipinski definition) is 10. The molecule has 4 heterocycles. The van der Waals surface area contributed by atoms with Crippen molar-refractivity contribution in [2.45, 2.75) is 163 Å². The van der Waals surface area contributed by atoms with Crippen molar-refractivity contribution >= 4 is 98.6 Å². The number of benzene rings is 4. The van der Waals surface area contributed by atoms with Crippen LogP contribution >= 0.6 is 31.9 Å². The van der Waals surface area contributed by atoms with Crippen LogP contribution in [0.2, 0.25) is 0 Å². The van der Waals surface area contributed by atoms with Crippen LogP contribution in [0.4, 0.5) is 0 Å². The Bertz CT molecular complexity index is 2050. The molecule has 4 aromatic carbocycles. The number of carboxylic acids is 1. The fourth-order valence-corrected chi connectivity index (χ4v) is 7.48. The number of aliphatic carboxylic acids is 1. The maximum absolute atomic E-state index is 8.89. The van der Waals surface area contributed by atoms with Crippen LogP contribution in [0.25, 0.3) is 21.5 Å². The van der Waals surface area contributed by atoms with Gasteiger partial charge in [-0.1, -0.05) is 80.4 Å². The molecular formula is C46H63B4Br2KO10. The molecule has 334 valence electrons. The van der Waals surface area contributed by atoms with E-state index >= 15 is 0 Å². The summed E-state index contributed by atoms with van der Waals surface area (Å²) in [6.07, 6.45) is 0. The van der Waals surface area contributed by atoms with Gasteiger partial charge in [0.05, 0.1) is 44.8 Å². The third-order valence-corrected chi connectivity index (χ3v) is 14.5. The maximum Gasteiger partial charge on any atom is 1.00 e. The van der Waals surface area contributed by atoms with Gasteiger partial charge in [0.15, 0.2) is 0 Å². The molecule has 0 N–H and O–H groups in total. The average molecular weight is 1020 g/mol. The molecule has 8 rings (SSSR count). The zero-order valence-corrected chi connectivity index (χ0v) is 46.9. The molecule has 0 saturated carbocycles. The van der Waals surface area contributed by atoms with Crippen molar-refractivity contribution in [1.82, 2.24) is 0 Å². The third-order valence-electron chi connectivity index (χ3n) is 13.5. The number of hydrogen-bond donors (Lipinski definition) is 0. The molecule has 0 spiro atoms. The van der Waals surface area contributed by atoms with Crippen LogP contribution in [0.15, 0.2) is 81.7 Å². The Morgan fingerprint density at radius 1 is 0.413 bits per heavy atom. The van der Waals surface area contributed by atoms with Crippen molar-refractivity contribution in [3.05, 3.63) is 81.7 Å². The minimum atomic E-state index is -1.08. The molecule has 10 nitrogen and oxygen atoms in total. The van der Waals surface area contributed by atoms with Crippen LogP contribution in [0, 0.1) is 0 Å². The second-order valence-electron chi connectivity index (χ2n) is 20.4. The summed E-state index contributed by atoms with van der Waals surface area (Å²) in [5.41, 5.74) is -0.726. The van der Waals surface area contributed by atoms with Crippen molar-refractivity contribution in [1.29, 1.82) is 0 Å². The fraction of sp³-hybridized carbons (Fsp3) is 0.543. The SMILES string of the molecule is Brc1ccc2cc(Br)ccc2c1.CC(=O)[O-].CC1(C)OB(B2OC(C)(C)C(C)(C)O2)OC1(C)C.CC1(C)OB(c2ccc3cc(B4OC(C)(C)C(C)(C)O4)ccc3c2)OC1(C)C.[K+]. The van der Waals surface area contributed by atoms with Gasteiger partial charge in [-0.15, -0.1) is 0 Å². The molecule has 17 heteroatoms. The summed E-state index contributed by atoms with van der Waals surface area (Å²) >= 11 is 6.88. The van der Waals surface area contributed by atoms with E-state index in [0.29, 0.717) is 0 Å². The molecule has 0 unspecified atom stereocenters. The Morgan fingerprint density at radius 3 is 0.873 bits per heavy atom. The van der Waals surface area contributed by atoms with Crippen LogP contribution in [0.5, 0.6) is 0 Å². The van der Waals surface area contributed by atoms with Crippen LogP contribution in [-0.4, -0.2) is 79.0 Å². The van der Waals surface area contributed by atoms with E-state index in [9.17, 15) is 0 Å². The molecule has 4 saturated heterocycles. The topological polar surface area (TPSA) is 114 Å². The zero-order chi connectivity index (χ0) is 46.6. The summed E-state index contributed by atoms with van der Waals surface area (Å²) in [7, 11) is -1.65. The Kier molecular flexibility index (Phi) is 17.3. The fourth-order valence-electron chi connectivity index (χ4n) is 6.72. The van der Waals surface area contributed by atoms with Crippen LogP contribution in [-0.2, 0) is 42.0 Å². The summed E-state index contributed by atoms with van der Waals surface area (Å²) in [5.74, 6) is -1.08. The van der Waals surface area contributed by atoms with E-state index in [1.54, 1.807) is 0 Å². The molecule has 0 amide bonds. The van der Waals surface area contributed by atoms with E-state index < -0.39 is 20.0 Å². The molecule has 4 aliphatic rings. The van der Waals surface area contributed by atoms with Crippen molar-refractivity contribution in [2.24, 2.45) is 0 Å². The summed E-state index contributed by atoms with van der Waals surface area (Å²) in [5, 5.41) is 13.7. The Balaban J connectivity index is 0.000000213. The largest absolute Gasteiger partial charge is 1.00 e. The van der Waals surface area contributed by atoms with E-state index in [1.165, 1.54) is 10.8 Å². The quantitative estimate of drug-likeness (QED) is 0.233. The van der Waals surface area contributed by atoms with E-state index in [1.807, 2.05) is 55.4 Å². The van der Waals surface area contributed by atoms with Gasteiger partial charge < -0.3 is 47.1 Å². The summed E-state index contributed by atoms with van der Waals surface area (Å²) < 4.78 is 50.8. The van der Waals surface area contributed by atoms with Gasteiger partial charge in [0.25, 0.3) is 0 Å². The molecule has 0 radical (unpaired) electrons. The van der Waals surface area contributed by atoms with Gasteiger partial charge in [-0.2, -0.15) is 0 Å². The molecule has 4 aliphatic heterocycles. The Morgan fingerprint density at radius 2 is 0.619 bits per heavy atom. The molecular weight excluding hydrogens is 955 g/mol. The zero-order valence-electron chi connectivity index (χ0n) is 40.6. The van der Waals surface area contributed by atoms with Crippen molar-refractivity contribution in [3.8, 4) is 0 Å². The minimum Gasteiger partial charge on any atom is -0.550 e. The number of halogens is 2. The average Bonchev–Trinajstić information content (AvgIpc) is 3.68. The van der Waals surface area contributed by atoms with Crippen molar-refractivity contribution in [3.63, 3.8) is 0 Å². The van der Waals surface area contributed by atoms with Crippen LogP contribution < -0.4 is 67.4 Å². The van der Waals surface area contributed by atoms with Gasteiger partial charge in [0.2, 0.25) is 0 Å². The summed E-state index contributed by atoms with van der Waals surface area (Å²) in [4.78, 5) is 8.89. The predicted molar refractivity (Wildman–Crippen MR) is 258 cm³/mol.